The number of benzene rings is 1. The Morgan fingerprint density at radius 2 is 2.07 bits per heavy atom. The molecule has 0 amide bonds. The van der Waals surface area contributed by atoms with Crippen LogP contribution in [0.25, 0.3) is 0 Å². The average molecular weight is 211 g/mol. The van der Waals surface area contributed by atoms with E-state index in [1.165, 1.54) is 6.07 Å². The topological polar surface area (TPSA) is 21.3 Å². The SMILES string of the molecule is CNCC(C)(C)Oc1ccc(C)c(F)c1. The van der Waals surface area contributed by atoms with Gasteiger partial charge in [-0.25, -0.2) is 4.39 Å². The summed E-state index contributed by atoms with van der Waals surface area (Å²) in [7, 11) is 1.86. The van der Waals surface area contributed by atoms with Crippen molar-refractivity contribution in [2.75, 3.05) is 13.6 Å². The Hall–Kier alpha value is -1.09. The summed E-state index contributed by atoms with van der Waals surface area (Å²) in [6.45, 7) is 6.36. The summed E-state index contributed by atoms with van der Waals surface area (Å²) in [6, 6.07) is 4.93. The molecule has 0 radical (unpaired) electrons. The monoisotopic (exact) mass is 211 g/mol. The van der Waals surface area contributed by atoms with Gasteiger partial charge in [0.2, 0.25) is 0 Å². The third-order valence-corrected chi connectivity index (χ3v) is 2.14. The Kier molecular flexibility index (Phi) is 3.69. The fourth-order valence-electron chi connectivity index (χ4n) is 1.42. The minimum absolute atomic E-state index is 0.229. The lowest BCUT2D eigenvalue weighted by atomic mass is 10.1. The fraction of sp³-hybridized carbons (Fsp3) is 0.500. The lowest BCUT2D eigenvalue weighted by molar-refractivity contribution is 0.110. The van der Waals surface area contributed by atoms with Crippen molar-refractivity contribution in [3.8, 4) is 5.75 Å². The van der Waals surface area contributed by atoms with Crippen molar-refractivity contribution in [3.05, 3.63) is 29.6 Å². The van der Waals surface area contributed by atoms with E-state index >= 15 is 0 Å². The van der Waals surface area contributed by atoms with Crippen LogP contribution in [0.15, 0.2) is 18.2 Å². The second kappa shape index (κ2) is 4.62. The van der Waals surface area contributed by atoms with Crippen LogP contribution in [0.5, 0.6) is 5.75 Å². The Morgan fingerprint density at radius 3 is 2.60 bits per heavy atom. The van der Waals surface area contributed by atoms with Crippen molar-refractivity contribution in [1.82, 2.24) is 5.32 Å². The minimum atomic E-state index is -0.337. The normalized spacial score (nSPS) is 11.5. The van der Waals surface area contributed by atoms with Gasteiger partial charge in [0.1, 0.15) is 17.2 Å². The number of hydrogen-bond donors (Lipinski definition) is 1. The maximum Gasteiger partial charge on any atom is 0.129 e. The van der Waals surface area contributed by atoms with E-state index in [0.717, 1.165) is 0 Å². The highest BCUT2D eigenvalue weighted by atomic mass is 19.1. The molecular weight excluding hydrogens is 193 g/mol. The molecule has 1 rings (SSSR count). The molecule has 0 spiro atoms. The first kappa shape index (κ1) is 12.0. The summed E-state index contributed by atoms with van der Waals surface area (Å²) < 4.78 is 18.9. The molecule has 0 unspecified atom stereocenters. The zero-order valence-corrected chi connectivity index (χ0v) is 9.73. The van der Waals surface area contributed by atoms with Crippen LogP contribution >= 0.6 is 0 Å². The largest absolute Gasteiger partial charge is 0.486 e. The van der Waals surface area contributed by atoms with Crippen molar-refractivity contribution >= 4 is 0 Å². The molecule has 0 aliphatic rings. The fourth-order valence-corrected chi connectivity index (χ4v) is 1.42. The van der Waals surface area contributed by atoms with Crippen LogP contribution in [-0.4, -0.2) is 19.2 Å². The molecule has 0 saturated carbocycles. The molecule has 1 N–H and O–H groups in total. The summed E-state index contributed by atoms with van der Waals surface area (Å²) in [5.41, 5.74) is 0.296. The van der Waals surface area contributed by atoms with Crippen LogP contribution in [0.3, 0.4) is 0 Å². The maximum absolute atomic E-state index is 13.2. The predicted molar refractivity (Wildman–Crippen MR) is 59.8 cm³/mol. The minimum Gasteiger partial charge on any atom is -0.486 e. The lowest BCUT2D eigenvalue weighted by Gasteiger charge is -2.26. The van der Waals surface area contributed by atoms with Gasteiger partial charge in [0.25, 0.3) is 0 Å². The first-order valence-corrected chi connectivity index (χ1v) is 5.04. The van der Waals surface area contributed by atoms with Gasteiger partial charge < -0.3 is 10.1 Å². The number of nitrogens with one attached hydrogen (secondary N) is 1. The van der Waals surface area contributed by atoms with Crippen LogP contribution in [-0.2, 0) is 0 Å². The highest BCUT2D eigenvalue weighted by molar-refractivity contribution is 5.28. The summed E-state index contributed by atoms with van der Waals surface area (Å²) in [6.07, 6.45) is 0. The quantitative estimate of drug-likeness (QED) is 0.826. The molecule has 15 heavy (non-hydrogen) atoms. The number of likely N-dealkylation sites (N-methyl/N-ethyl adjacent to an activating group) is 1. The van der Waals surface area contributed by atoms with Crippen molar-refractivity contribution in [2.24, 2.45) is 0 Å². The van der Waals surface area contributed by atoms with E-state index in [0.29, 0.717) is 17.9 Å². The zero-order chi connectivity index (χ0) is 11.5. The summed E-state index contributed by atoms with van der Waals surface area (Å²) in [5.74, 6) is 0.339. The molecule has 0 aliphatic carbocycles. The van der Waals surface area contributed by atoms with Gasteiger partial charge in [0.15, 0.2) is 0 Å². The summed E-state index contributed by atoms with van der Waals surface area (Å²) >= 11 is 0. The summed E-state index contributed by atoms with van der Waals surface area (Å²) in [5, 5.41) is 3.04. The van der Waals surface area contributed by atoms with Gasteiger partial charge >= 0.3 is 0 Å². The van der Waals surface area contributed by atoms with Gasteiger partial charge in [-0.2, -0.15) is 0 Å². The molecule has 84 valence electrons. The Balaban J connectivity index is 2.76. The molecule has 1 aromatic rings. The second-order valence-electron chi connectivity index (χ2n) is 4.30. The van der Waals surface area contributed by atoms with Crippen LogP contribution in [0.2, 0.25) is 0 Å². The standard InChI is InChI=1S/C12H18FNO/c1-9-5-6-10(7-11(9)13)15-12(2,3)8-14-4/h5-7,14H,8H2,1-4H3. The molecule has 0 atom stereocenters. The molecule has 0 fully saturated rings. The Bertz CT molecular complexity index is 336. The van der Waals surface area contributed by atoms with Crippen molar-refractivity contribution in [3.63, 3.8) is 0 Å². The van der Waals surface area contributed by atoms with Crippen LogP contribution in [0.4, 0.5) is 4.39 Å². The van der Waals surface area contributed by atoms with E-state index < -0.39 is 0 Å². The highest BCUT2D eigenvalue weighted by Crippen LogP contribution is 2.20. The Labute approximate surface area is 90.4 Å². The van der Waals surface area contributed by atoms with Crippen LogP contribution < -0.4 is 10.1 Å². The van der Waals surface area contributed by atoms with E-state index in [4.69, 9.17) is 4.74 Å². The first-order chi connectivity index (χ1) is 6.94. The third-order valence-electron chi connectivity index (χ3n) is 2.14. The number of halogens is 1. The molecule has 0 bridgehead atoms. The predicted octanol–water partition coefficient (Wildman–Crippen LogP) is 2.51. The van der Waals surface area contributed by atoms with Crippen molar-refractivity contribution in [1.29, 1.82) is 0 Å². The molecule has 0 saturated heterocycles. The van der Waals surface area contributed by atoms with E-state index in [1.807, 2.05) is 20.9 Å². The molecule has 0 heterocycles. The van der Waals surface area contributed by atoms with Gasteiger partial charge in [0.05, 0.1) is 0 Å². The zero-order valence-electron chi connectivity index (χ0n) is 9.73. The summed E-state index contributed by atoms with van der Waals surface area (Å²) in [4.78, 5) is 0. The molecule has 1 aromatic carbocycles. The van der Waals surface area contributed by atoms with Crippen molar-refractivity contribution < 1.29 is 9.13 Å². The number of hydrogen-bond acceptors (Lipinski definition) is 2. The van der Waals surface area contributed by atoms with Crippen LogP contribution in [0.1, 0.15) is 19.4 Å². The van der Waals surface area contributed by atoms with E-state index in [1.54, 1.807) is 19.1 Å². The number of ether oxygens (including phenoxy) is 1. The average Bonchev–Trinajstić information content (AvgIpc) is 2.10. The number of aryl methyl sites for hydroxylation is 1. The molecule has 2 nitrogen and oxygen atoms in total. The first-order valence-electron chi connectivity index (χ1n) is 5.04. The smallest absolute Gasteiger partial charge is 0.129 e. The maximum atomic E-state index is 13.2. The molecular formula is C12H18FNO. The lowest BCUT2D eigenvalue weighted by Crippen LogP contribution is -2.38. The number of rotatable bonds is 4. The van der Waals surface area contributed by atoms with Gasteiger partial charge in [-0.1, -0.05) is 6.07 Å². The highest BCUT2D eigenvalue weighted by Gasteiger charge is 2.18. The van der Waals surface area contributed by atoms with Gasteiger partial charge in [-0.05, 0) is 39.4 Å². The van der Waals surface area contributed by atoms with Crippen molar-refractivity contribution in [2.45, 2.75) is 26.4 Å². The van der Waals surface area contributed by atoms with E-state index in [2.05, 4.69) is 5.32 Å². The van der Waals surface area contributed by atoms with Crippen LogP contribution in [0, 0.1) is 12.7 Å². The van der Waals surface area contributed by atoms with Gasteiger partial charge in [0, 0.05) is 12.6 Å². The third kappa shape index (κ3) is 3.51. The van der Waals surface area contributed by atoms with E-state index in [9.17, 15) is 4.39 Å². The molecule has 0 aromatic heterocycles. The van der Waals surface area contributed by atoms with Gasteiger partial charge in [-0.3, -0.25) is 0 Å². The second-order valence-corrected chi connectivity index (χ2v) is 4.30. The molecule has 0 aliphatic heterocycles. The molecule has 3 heteroatoms. The van der Waals surface area contributed by atoms with E-state index in [-0.39, 0.29) is 11.4 Å². The Morgan fingerprint density at radius 1 is 1.40 bits per heavy atom. The van der Waals surface area contributed by atoms with Gasteiger partial charge in [-0.15, -0.1) is 0 Å².